The fourth-order valence-electron chi connectivity index (χ4n) is 3.24. The number of hydrogen-bond donors (Lipinski definition) is 3. The molecule has 0 saturated heterocycles. The molecular weight excluding hydrogens is 450 g/mol. The minimum Gasteiger partial charge on any atom is -0.494 e. The van der Waals surface area contributed by atoms with E-state index in [0.717, 1.165) is 5.56 Å². The summed E-state index contributed by atoms with van der Waals surface area (Å²) in [6.45, 7) is 6.55. The monoisotopic (exact) mass is 477 g/mol. The molecule has 0 spiro atoms. The van der Waals surface area contributed by atoms with Crippen molar-refractivity contribution in [2.45, 2.75) is 20.8 Å². The van der Waals surface area contributed by atoms with Crippen molar-refractivity contribution in [1.29, 1.82) is 0 Å². The Hall–Kier alpha value is -3.91. The smallest absolute Gasteiger partial charge is 0.257 e. The Kier molecular flexibility index (Phi) is 8.59. The Labute approximate surface area is 204 Å². The van der Waals surface area contributed by atoms with E-state index in [2.05, 4.69) is 16.0 Å². The number of nitrogens with one attached hydrogen (secondary N) is 3. The zero-order chi connectivity index (χ0) is 24.5. The summed E-state index contributed by atoms with van der Waals surface area (Å²) in [6, 6.07) is 19.4. The van der Waals surface area contributed by atoms with Crippen LogP contribution >= 0.6 is 12.2 Å². The second kappa shape index (κ2) is 11.8. The first-order valence-electron chi connectivity index (χ1n) is 10.9. The fraction of sp³-hybridized carbons (Fsp3) is 0.192. The van der Waals surface area contributed by atoms with Crippen molar-refractivity contribution in [3.63, 3.8) is 0 Å². The molecule has 34 heavy (non-hydrogen) atoms. The zero-order valence-electron chi connectivity index (χ0n) is 19.3. The lowest BCUT2D eigenvalue weighted by molar-refractivity contribution is 0.0975. The van der Waals surface area contributed by atoms with Crippen molar-refractivity contribution >= 4 is 40.5 Å². The number of carbonyl (C=O) groups is 2. The summed E-state index contributed by atoms with van der Waals surface area (Å²) < 4.78 is 11.1. The van der Waals surface area contributed by atoms with E-state index in [4.69, 9.17) is 21.7 Å². The number of rotatable bonds is 8. The molecule has 3 rings (SSSR count). The van der Waals surface area contributed by atoms with E-state index >= 15 is 0 Å². The van der Waals surface area contributed by atoms with Crippen molar-refractivity contribution < 1.29 is 19.1 Å². The summed E-state index contributed by atoms with van der Waals surface area (Å²) in [5.41, 5.74) is 3.06. The average Bonchev–Trinajstić information content (AvgIpc) is 2.79. The summed E-state index contributed by atoms with van der Waals surface area (Å²) in [5, 5.41) is 8.63. The normalized spacial score (nSPS) is 10.2. The molecule has 0 bridgehead atoms. The van der Waals surface area contributed by atoms with E-state index in [-0.39, 0.29) is 11.0 Å². The van der Waals surface area contributed by atoms with Gasteiger partial charge in [0.15, 0.2) is 5.11 Å². The van der Waals surface area contributed by atoms with Crippen molar-refractivity contribution in [1.82, 2.24) is 5.32 Å². The highest BCUT2D eigenvalue weighted by Gasteiger charge is 2.13. The van der Waals surface area contributed by atoms with Crippen LogP contribution in [0.3, 0.4) is 0 Å². The van der Waals surface area contributed by atoms with Crippen molar-refractivity contribution in [2.24, 2.45) is 0 Å². The molecule has 2 amide bonds. The maximum absolute atomic E-state index is 12.8. The molecule has 3 N–H and O–H groups in total. The number of anilines is 2. The third-order valence-electron chi connectivity index (χ3n) is 4.76. The van der Waals surface area contributed by atoms with Crippen LogP contribution in [0.1, 0.15) is 40.1 Å². The van der Waals surface area contributed by atoms with Gasteiger partial charge in [-0.15, -0.1) is 0 Å². The van der Waals surface area contributed by atoms with Gasteiger partial charge in [0.25, 0.3) is 11.8 Å². The second-order valence-corrected chi connectivity index (χ2v) is 7.73. The molecular formula is C26H27N3O4S. The van der Waals surface area contributed by atoms with E-state index in [1.807, 2.05) is 39.0 Å². The first kappa shape index (κ1) is 24.7. The van der Waals surface area contributed by atoms with Gasteiger partial charge in [0.1, 0.15) is 11.5 Å². The van der Waals surface area contributed by atoms with Gasteiger partial charge in [-0.3, -0.25) is 14.9 Å². The quantitative estimate of drug-likeness (QED) is 0.388. The van der Waals surface area contributed by atoms with Crippen LogP contribution in [0.25, 0.3) is 0 Å². The summed E-state index contributed by atoms with van der Waals surface area (Å²) in [6.07, 6.45) is 0. The molecule has 176 valence electrons. The van der Waals surface area contributed by atoms with Crippen LogP contribution in [0.2, 0.25) is 0 Å². The molecule has 0 saturated carbocycles. The minimum absolute atomic E-state index is 0.118. The van der Waals surface area contributed by atoms with E-state index in [1.165, 1.54) is 0 Å². The molecule has 3 aromatic carbocycles. The lowest BCUT2D eigenvalue weighted by atomic mass is 10.1. The van der Waals surface area contributed by atoms with Gasteiger partial charge in [-0.1, -0.05) is 24.3 Å². The van der Waals surface area contributed by atoms with Crippen LogP contribution in [0.5, 0.6) is 11.5 Å². The van der Waals surface area contributed by atoms with Crippen LogP contribution in [0.15, 0.2) is 66.7 Å². The highest BCUT2D eigenvalue weighted by Crippen LogP contribution is 2.23. The topological polar surface area (TPSA) is 88.7 Å². The molecule has 0 unspecified atom stereocenters. The highest BCUT2D eigenvalue weighted by atomic mass is 32.1. The van der Waals surface area contributed by atoms with Gasteiger partial charge >= 0.3 is 0 Å². The number of amides is 2. The molecule has 0 atom stereocenters. The molecule has 0 aromatic heterocycles. The summed E-state index contributed by atoms with van der Waals surface area (Å²) in [5.74, 6) is 0.471. The van der Waals surface area contributed by atoms with Gasteiger partial charge in [-0.2, -0.15) is 0 Å². The molecule has 0 aliphatic rings. The molecule has 7 nitrogen and oxygen atoms in total. The third-order valence-corrected chi connectivity index (χ3v) is 4.96. The Bertz CT molecular complexity index is 1170. The third kappa shape index (κ3) is 6.79. The Balaban J connectivity index is 1.65. The van der Waals surface area contributed by atoms with Crippen LogP contribution in [0.4, 0.5) is 11.4 Å². The van der Waals surface area contributed by atoms with Gasteiger partial charge < -0.3 is 20.1 Å². The lowest BCUT2D eigenvalue weighted by Gasteiger charge is -2.13. The first-order valence-corrected chi connectivity index (χ1v) is 11.3. The van der Waals surface area contributed by atoms with E-state index < -0.39 is 5.91 Å². The van der Waals surface area contributed by atoms with Crippen LogP contribution < -0.4 is 25.4 Å². The molecule has 0 heterocycles. The summed E-state index contributed by atoms with van der Waals surface area (Å²) in [4.78, 5) is 25.3. The van der Waals surface area contributed by atoms with Gasteiger partial charge in [-0.05, 0) is 75.0 Å². The molecule has 0 aliphatic heterocycles. The maximum Gasteiger partial charge on any atom is 0.257 e. The van der Waals surface area contributed by atoms with Crippen LogP contribution in [-0.4, -0.2) is 30.1 Å². The van der Waals surface area contributed by atoms with Crippen molar-refractivity contribution in [3.05, 3.63) is 83.4 Å². The summed E-state index contributed by atoms with van der Waals surface area (Å²) >= 11 is 5.31. The van der Waals surface area contributed by atoms with Gasteiger partial charge in [0, 0.05) is 28.6 Å². The number of carbonyl (C=O) groups excluding carboxylic acids is 2. The Morgan fingerprint density at radius 2 is 1.41 bits per heavy atom. The van der Waals surface area contributed by atoms with Crippen LogP contribution in [0, 0.1) is 6.92 Å². The Morgan fingerprint density at radius 1 is 0.794 bits per heavy atom. The molecule has 3 aromatic rings. The average molecular weight is 478 g/mol. The minimum atomic E-state index is -0.399. The predicted octanol–water partition coefficient (Wildman–Crippen LogP) is 5.17. The number of ether oxygens (including phenoxy) is 2. The summed E-state index contributed by atoms with van der Waals surface area (Å²) in [7, 11) is 0. The molecule has 0 radical (unpaired) electrons. The largest absolute Gasteiger partial charge is 0.494 e. The molecule has 8 heteroatoms. The standard InChI is InChI=1S/C26H27N3O4S/c1-4-32-21-13-18(14-22(16-21)33-5-2)24(30)29-26(34)28-20-11-8-10-19(15-20)27-25(31)23-12-7-6-9-17(23)3/h6-16H,4-5H2,1-3H3,(H,27,31)(H2,28,29,30,34). The highest BCUT2D eigenvalue weighted by molar-refractivity contribution is 7.80. The maximum atomic E-state index is 12.8. The predicted molar refractivity (Wildman–Crippen MR) is 138 cm³/mol. The van der Waals surface area contributed by atoms with Gasteiger partial charge in [-0.25, -0.2) is 0 Å². The first-order chi connectivity index (χ1) is 16.4. The van der Waals surface area contributed by atoms with E-state index in [1.54, 1.807) is 48.5 Å². The van der Waals surface area contributed by atoms with E-state index in [0.29, 0.717) is 47.2 Å². The van der Waals surface area contributed by atoms with Crippen molar-refractivity contribution in [2.75, 3.05) is 23.8 Å². The van der Waals surface area contributed by atoms with E-state index in [9.17, 15) is 9.59 Å². The van der Waals surface area contributed by atoms with Gasteiger partial charge in [0.2, 0.25) is 0 Å². The molecule has 0 aliphatic carbocycles. The number of thiocarbonyl (C=S) groups is 1. The molecule has 0 fully saturated rings. The lowest BCUT2D eigenvalue weighted by Crippen LogP contribution is -2.34. The SMILES string of the molecule is CCOc1cc(OCC)cc(C(=O)NC(=S)Nc2cccc(NC(=O)c3ccccc3C)c2)c1. The Morgan fingerprint density at radius 3 is 2.03 bits per heavy atom. The van der Waals surface area contributed by atoms with Gasteiger partial charge in [0.05, 0.1) is 13.2 Å². The number of benzene rings is 3. The second-order valence-electron chi connectivity index (χ2n) is 7.32. The number of aryl methyl sites for hydroxylation is 1. The van der Waals surface area contributed by atoms with Crippen molar-refractivity contribution in [3.8, 4) is 11.5 Å². The van der Waals surface area contributed by atoms with Crippen LogP contribution in [-0.2, 0) is 0 Å². The zero-order valence-corrected chi connectivity index (χ0v) is 20.1. The number of hydrogen-bond acceptors (Lipinski definition) is 5. The fourth-order valence-corrected chi connectivity index (χ4v) is 3.45.